The van der Waals surface area contributed by atoms with Crippen molar-refractivity contribution in [1.82, 2.24) is 25.0 Å². The Balaban J connectivity index is 0.00000256. The molecule has 2 heterocycles. The molecule has 0 radical (unpaired) electrons. The highest BCUT2D eigenvalue weighted by Gasteiger charge is 2.23. The second-order valence-corrected chi connectivity index (χ2v) is 7.01. The van der Waals surface area contributed by atoms with Gasteiger partial charge in [-0.25, -0.2) is 4.98 Å². The van der Waals surface area contributed by atoms with Crippen LogP contribution in [-0.4, -0.2) is 43.0 Å². The average molecular weight is 429 g/mol. The van der Waals surface area contributed by atoms with Crippen LogP contribution >= 0.6 is 0 Å². The molecule has 1 saturated carbocycles. The molecule has 1 amide bonds. The van der Waals surface area contributed by atoms with Gasteiger partial charge in [-0.3, -0.25) is 4.79 Å². The van der Waals surface area contributed by atoms with Gasteiger partial charge in [-0.15, -0.1) is 0 Å². The molecular weight excluding hydrogens is 406 g/mol. The van der Waals surface area contributed by atoms with E-state index >= 15 is 0 Å². The number of rotatable bonds is 6. The summed E-state index contributed by atoms with van der Waals surface area (Å²) in [6.45, 7) is 0. The Kier molecular flexibility index (Phi) is 6.80. The van der Waals surface area contributed by atoms with Crippen LogP contribution in [0.5, 0.6) is 0 Å². The van der Waals surface area contributed by atoms with E-state index in [9.17, 15) is 4.79 Å². The zero-order valence-electron chi connectivity index (χ0n) is 16.2. The van der Waals surface area contributed by atoms with Crippen molar-refractivity contribution in [3.63, 3.8) is 0 Å². The van der Waals surface area contributed by atoms with Crippen molar-refractivity contribution in [3.8, 4) is 5.69 Å². The molecule has 0 saturated heterocycles. The largest absolute Gasteiger partial charge is 1.00 e. The number of halogens is 1. The van der Waals surface area contributed by atoms with Gasteiger partial charge in [0.25, 0.3) is 5.91 Å². The number of primary amides is 1. The summed E-state index contributed by atoms with van der Waals surface area (Å²) >= 11 is 0. The van der Waals surface area contributed by atoms with Crippen LogP contribution in [0.4, 0.5) is 17.5 Å². The zero-order chi connectivity index (χ0) is 20.2. The quantitative estimate of drug-likeness (QED) is 0.374. The number of amides is 1. The lowest BCUT2D eigenvalue weighted by molar-refractivity contribution is -0.0000147. The summed E-state index contributed by atoms with van der Waals surface area (Å²) in [6.07, 6.45) is 8.81. The predicted octanol–water partition coefficient (Wildman–Crippen LogP) is -1.41. The van der Waals surface area contributed by atoms with Crippen LogP contribution in [0.2, 0.25) is 0 Å². The van der Waals surface area contributed by atoms with Gasteiger partial charge in [0.05, 0.1) is 18.1 Å². The minimum absolute atomic E-state index is 0. The molecule has 4 rings (SSSR count). The summed E-state index contributed by atoms with van der Waals surface area (Å²) < 4.78 is 0. The van der Waals surface area contributed by atoms with Crippen LogP contribution in [0.25, 0.3) is 5.69 Å². The highest BCUT2D eigenvalue weighted by molar-refractivity contribution is 5.98. The van der Waals surface area contributed by atoms with E-state index in [-0.39, 0.29) is 30.1 Å². The molecule has 158 valence electrons. The first-order valence-electron chi connectivity index (χ1n) is 9.53. The zero-order valence-corrected chi connectivity index (χ0v) is 17.0. The van der Waals surface area contributed by atoms with E-state index < -0.39 is 5.91 Å². The van der Waals surface area contributed by atoms with Crippen LogP contribution in [0.15, 0.2) is 42.9 Å². The maximum absolute atomic E-state index is 11.9. The molecule has 10 nitrogen and oxygen atoms in total. The van der Waals surface area contributed by atoms with Crippen LogP contribution in [0, 0.1) is 0 Å². The summed E-state index contributed by atoms with van der Waals surface area (Å²) in [5.41, 5.74) is 13.4. The number of carbonyl (C=O) groups excluding carboxylic acids is 1. The number of benzene rings is 1. The molecule has 1 aliphatic rings. The van der Waals surface area contributed by atoms with Gasteiger partial charge in [0.1, 0.15) is 11.4 Å². The van der Waals surface area contributed by atoms with Crippen molar-refractivity contribution in [2.75, 3.05) is 10.6 Å². The molecule has 1 aromatic carbocycles. The summed E-state index contributed by atoms with van der Waals surface area (Å²) in [5.74, 6) is 0.119. The molecular formula is C19H23ClN9O-. The number of hydrogen-bond donors (Lipinski definition) is 4. The first-order valence-corrected chi connectivity index (χ1v) is 9.53. The molecule has 2 unspecified atom stereocenters. The topological polar surface area (TPSA) is 150 Å². The van der Waals surface area contributed by atoms with Gasteiger partial charge in [-0.2, -0.15) is 20.0 Å². The molecule has 2 aromatic heterocycles. The van der Waals surface area contributed by atoms with Gasteiger partial charge in [0.2, 0.25) is 5.95 Å². The predicted molar refractivity (Wildman–Crippen MR) is 109 cm³/mol. The second-order valence-electron chi connectivity index (χ2n) is 7.01. The monoisotopic (exact) mass is 428 g/mol. The molecule has 1 aliphatic carbocycles. The van der Waals surface area contributed by atoms with Gasteiger partial charge in [-0.1, -0.05) is 18.9 Å². The summed E-state index contributed by atoms with van der Waals surface area (Å²) in [6, 6.07) is 7.58. The number of anilines is 3. The van der Waals surface area contributed by atoms with Crippen LogP contribution in [0.3, 0.4) is 0 Å². The van der Waals surface area contributed by atoms with E-state index in [0.717, 1.165) is 31.4 Å². The number of aromatic nitrogens is 5. The van der Waals surface area contributed by atoms with Crippen molar-refractivity contribution in [1.29, 1.82) is 0 Å². The summed E-state index contributed by atoms with van der Waals surface area (Å²) in [7, 11) is 0. The standard InChI is InChI=1S/C19H23N9O.ClH/c20-15-6-1-2-7-16(15)26-19-22-11-14(17(21)29)18(27-19)25-12-4-3-5-13(10-12)28-23-8-9-24-28;/h3-5,8-11,15-16H,1-2,6-7,20H2,(H2,21,29)(H2,22,25,26,27);1H/p-1. The lowest BCUT2D eigenvalue weighted by atomic mass is 9.91. The van der Waals surface area contributed by atoms with Crippen LogP contribution < -0.4 is 34.5 Å². The summed E-state index contributed by atoms with van der Waals surface area (Å²) in [4.78, 5) is 22.1. The SMILES string of the molecule is NC(=O)c1cnc(NC2CCCCC2N)nc1Nc1cccc(-n2nccn2)c1.[Cl-]. The Labute approximate surface area is 179 Å². The van der Waals surface area contributed by atoms with E-state index in [1.54, 1.807) is 12.4 Å². The Bertz CT molecular complexity index is 995. The van der Waals surface area contributed by atoms with E-state index in [1.165, 1.54) is 11.0 Å². The lowest BCUT2D eigenvalue weighted by Gasteiger charge is -2.29. The van der Waals surface area contributed by atoms with E-state index in [4.69, 9.17) is 11.5 Å². The van der Waals surface area contributed by atoms with Gasteiger partial charge >= 0.3 is 0 Å². The Morgan fingerprint density at radius 1 is 1.17 bits per heavy atom. The van der Waals surface area contributed by atoms with E-state index in [2.05, 4.69) is 30.8 Å². The minimum Gasteiger partial charge on any atom is -1.00 e. The first kappa shape index (κ1) is 21.5. The molecule has 6 N–H and O–H groups in total. The third-order valence-corrected chi connectivity index (χ3v) is 4.95. The van der Waals surface area contributed by atoms with Crippen LogP contribution in [-0.2, 0) is 0 Å². The molecule has 2 atom stereocenters. The fourth-order valence-corrected chi connectivity index (χ4v) is 3.43. The minimum atomic E-state index is -0.613. The van der Waals surface area contributed by atoms with Crippen LogP contribution in [0.1, 0.15) is 36.0 Å². The van der Waals surface area contributed by atoms with Crippen molar-refractivity contribution in [2.45, 2.75) is 37.8 Å². The fraction of sp³-hybridized carbons (Fsp3) is 0.316. The molecule has 0 bridgehead atoms. The number of carbonyl (C=O) groups is 1. The van der Waals surface area contributed by atoms with Gasteiger partial charge in [0.15, 0.2) is 0 Å². The maximum Gasteiger partial charge on any atom is 0.254 e. The van der Waals surface area contributed by atoms with Gasteiger partial charge in [-0.05, 0) is 31.0 Å². The molecule has 0 spiro atoms. The van der Waals surface area contributed by atoms with Crippen molar-refractivity contribution < 1.29 is 17.2 Å². The molecule has 1 fully saturated rings. The van der Waals surface area contributed by atoms with E-state index in [1.807, 2.05) is 24.3 Å². The molecule has 11 heteroatoms. The van der Waals surface area contributed by atoms with Gasteiger partial charge < -0.3 is 34.5 Å². The highest BCUT2D eigenvalue weighted by atomic mass is 35.5. The summed E-state index contributed by atoms with van der Waals surface area (Å²) in [5, 5.41) is 14.7. The molecule has 30 heavy (non-hydrogen) atoms. The Morgan fingerprint density at radius 3 is 2.67 bits per heavy atom. The molecule has 3 aromatic rings. The van der Waals surface area contributed by atoms with Crippen molar-refractivity contribution in [3.05, 3.63) is 48.4 Å². The highest BCUT2D eigenvalue weighted by Crippen LogP contribution is 2.24. The van der Waals surface area contributed by atoms with Gasteiger partial charge in [0, 0.05) is 24.0 Å². The third kappa shape index (κ3) is 4.84. The Morgan fingerprint density at radius 2 is 1.93 bits per heavy atom. The number of hydrogen-bond acceptors (Lipinski definition) is 8. The van der Waals surface area contributed by atoms with Crippen molar-refractivity contribution >= 4 is 23.4 Å². The number of nitrogens with two attached hydrogens (primary N) is 2. The normalized spacial score (nSPS) is 18.3. The average Bonchev–Trinajstić information content (AvgIpc) is 3.25. The first-order chi connectivity index (χ1) is 14.1. The smallest absolute Gasteiger partial charge is 0.254 e. The second kappa shape index (κ2) is 9.51. The Hall–Kier alpha value is -3.24. The number of nitrogens with zero attached hydrogens (tertiary/aromatic N) is 5. The van der Waals surface area contributed by atoms with Crippen molar-refractivity contribution in [2.24, 2.45) is 11.5 Å². The number of nitrogens with one attached hydrogen (secondary N) is 2. The van der Waals surface area contributed by atoms with E-state index in [0.29, 0.717) is 17.5 Å². The molecule has 0 aliphatic heterocycles. The maximum atomic E-state index is 11.9. The lowest BCUT2D eigenvalue weighted by Crippen LogP contribution is -3.00. The third-order valence-electron chi connectivity index (χ3n) is 4.95. The fourth-order valence-electron chi connectivity index (χ4n) is 3.43.